The van der Waals surface area contributed by atoms with Gasteiger partial charge in [-0.3, -0.25) is 4.79 Å². The summed E-state index contributed by atoms with van der Waals surface area (Å²) in [4.78, 5) is 10.2. The Hall–Kier alpha value is -1.09. The van der Waals surface area contributed by atoms with Crippen molar-refractivity contribution in [3.8, 4) is 6.07 Å². The van der Waals surface area contributed by atoms with Gasteiger partial charge in [0.15, 0.2) is 9.84 Å². The number of nitrogens with two attached hydrogens (primary N) is 1. The number of rotatable bonds is 2. The van der Waals surface area contributed by atoms with Crippen LogP contribution in [0.2, 0.25) is 0 Å². The van der Waals surface area contributed by atoms with Crippen LogP contribution in [-0.2, 0) is 14.6 Å². The molecule has 2 N–H and O–H groups in total. The molecule has 1 atom stereocenters. The van der Waals surface area contributed by atoms with Gasteiger partial charge in [-0.15, -0.1) is 0 Å². The van der Waals surface area contributed by atoms with Gasteiger partial charge in [0.05, 0.1) is 6.07 Å². The van der Waals surface area contributed by atoms with Crippen LogP contribution in [-0.4, -0.2) is 25.8 Å². The van der Waals surface area contributed by atoms with Gasteiger partial charge in [0.2, 0.25) is 11.2 Å². The van der Waals surface area contributed by atoms with Crippen molar-refractivity contribution >= 4 is 15.7 Å². The van der Waals surface area contributed by atoms with Gasteiger partial charge < -0.3 is 5.73 Å². The lowest BCUT2D eigenvalue weighted by Crippen LogP contribution is -2.33. The van der Waals surface area contributed by atoms with Crippen molar-refractivity contribution in [2.24, 2.45) is 5.73 Å². The van der Waals surface area contributed by atoms with Crippen molar-refractivity contribution in [2.75, 3.05) is 6.26 Å². The quantitative estimate of drug-likeness (QED) is 0.528. The Labute approximate surface area is 58.4 Å². The normalized spacial score (nSPS) is 13.6. The Morgan fingerprint density at radius 3 is 2.10 bits per heavy atom. The summed E-state index contributed by atoms with van der Waals surface area (Å²) in [5.41, 5.74) is 4.59. The van der Waals surface area contributed by atoms with E-state index in [-0.39, 0.29) is 0 Å². The number of hydrogen-bond donors (Lipinski definition) is 1. The molecule has 0 aliphatic rings. The molecule has 0 radical (unpaired) electrons. The monoisotopic (exact) mass is 162 g/mol. The third kappa shape index (κ3) is 2.03. The summed E-state index contributed by atoms with van der Waals surface area (Å²) in [7, 11) is -3.65. The molecule has 0 saturated carbocycles. The van der Waals surface area contributed by atoms with E-state index in [1.165, 1.54) is 6.07 Å². The van der Waals surface area contributed by atoms with Crippen LogP contribution in [0, 0.1) is 11.3 Å². The molecule has 0 heterocycles. The predicted octanol–water partition coefficient (Wildman–Crippen LogP) is -1.59. The van der Waals surface area contributed by atoms with E-state index in [9.17, 15) is 13.2 Å². The summed E-state index contributed by atoms with van der Waals surface area (Å²) < 4.78 is 21.0. The summed E-state index contributed by atoms with van der Waals surface area (Å²) in [6, 6.07) is 1.28. The summed E-state index contributed by atoms with van der Waals surface area (Å²) in [5, 5.41) is 6.39. The van der Waals surface area contributed by atoms with Gasteiger partial charge in [-0.2, -0.15) is 5.26 Å². The molecular formula is C4H6N2O3S. The molecule has 5 nitrogen and oxygen atoms in total. The second-order valence-electron chi connectivity index (χ2n) is 1.74. The molecule has 1 unspecified atom stereocenters. The molecule has 1 amide bonds. The topological polar surface area (TPSA) is 101 Å². The van der Waals surface area contributed by atoms with E-state index in [1.54, 1.807) is 0 Å². The third-order valence-corrected chi connectivity index (χ3v) is 2.00. The highest BCUT2D eigenvalue weighted by atomic mass is 32.2. The van der Waals surface area contributed by atoms with Gasteiger partial charge in [-0.1, -0.05) is 0 Å². The Morgan fingerprint density at radius 2 is 2.10 bits per heavy atom. The molecular weight excluding hydrogens is 156 g/mol. The SMILES string of the molecule is CS(=O)(=O)C(C#N)C(N)=O. The van der Waals surface area contributed by atoms with Gasteiger partial charge >= 0.3 is 0 Å². The molecule has 0 spiro atoms. The lowest BCUT2D eigenvalue weighted by Gasteiger charge is -1.98. The molecule has 0 rings (SSSR count). The molecule has 0 aromatic rings. The van der Waals surface area contributed by atoms with Crippen molar-refractivity contribution in [3.05, 3.63) is 0 Å². The van der Waals surface area contributed by atoms with Crippen LogP contribution in [0.3, 0.4) is 0 Å². The minimum atomic E-state index is -3.65. The van der Waals surface area contributed by atoms with E-state index in [4.69, 9.17) is 5.26 Å². The first-order chi connectivity index (χ1) is 4.39. The van der Waals surface area contributed by atoms with Crippen LogP contribution in [0.4, 0.5) is 0 Å². The van der Waals surface area contributed by atoms with Crippen molar-refractivity contribution in [2.45, 2.75) is 5.25 Å². The van der Waals surface area contributed by atoms with Crippen LogP contribution in [0.1, 0.15) is 0 Å². The number of carbonyl (C=O) groups excluding carboxylic acids is 1. The molecule has 0 fully saturated rings. The molecule has 0 aromatic heterocycles. The highest BCUT2D eigenvalue weighted by molar-refractivity contribution is 7.92. The summed E-state index contributed by atoms with van der Waals surface area (Å²) in [5.74, 6) is -1.13. The van der Waals surface area contributed by atoms with Gasteiger partial charge in [-0.25, -0.2) is 8.42 Å². The summed E-state index contributed by atoms with van der Waals surface area (Å²) in [6.07, 6.45) is 0.783. The number of amides is 1. The zero-order valence-electron chi connectivity index (χ0n) is 5.23. The van der Waals surface area contributed by atoms with Crippen LogP contribution >= 0.6 is 0 Å². The zero-order valence-corrected chi connectivity index (χ0v) is 6.05. The highest BCUT2D eigenvalue weighted by Crippen LogP contribution is 1.94. The Morgan fingerprint density at radius 1 is 1.70 bits per heavy atom. The number of nitrogens with zero attached hydrogens (tertiary/aromatic N) is 1. The molecule has 6 heteroatoms. The number of hydrogen-bond acceptors (Lipinski definition) is 4. The smallest absolute Gasteiger partial charge is 0.250 e. The minimum absolute atomic E-state index is 0.783. The Bertz CT molecular complexity index is 273. The van der Waals surface area contributed by atoms with E-state index in [0.717, 1.165) is 6.26 Å². The van der Waals surface area contributed by atoms with Crippen molar-refractivity contribution < 1.29 is 13.2 Å². The average Bonchev–Trinajstić information content (AvgIpc) is 1.60. The number of sulfone groups is 1. The van der Waals surface area contributed by atoms with Crippen molar-refractivity contribution in [3.63, 3.8) is 0 Å². The molecule has 0 aromatic carbocycles. The molecule has 56 valence electrons. The fourth-order valence-electron chi connectivity index (χ4n) is 0.370. The van der Waals surface area contributed by atoms with E-state index >= 15 is 0 Å². The standard InChI is InChI=1S/C4H6N2O3S/c1-10(8,9)3(2-5)4(6)7/h3H,1H3,(H2,6,7). The zero-order chi connectivity index (χ0) is 8.36. The first-order valence-electron chi connectivity index (χ1n) is 2.27. The van der Waals surface area contributed by atoms with E-state index in [0.29, 0.717) is 0 Å². The number of primary amides is 1. The van der Waals surface area contributed by atoms with E-state index < -0.39 is 21.0 Å². The largest absolute Gasteiger partial charge is 0.368 e. The predicted molar refractivity (Wildman–Crippen MR) is 33.4 cm³/mol. The molecule has 0 aliphatic carbocycles. The summed E-state index contributed by atoms with van der Waals surface area (Å²) >= 11 is 0. The Kier molecular flexibility index (Phi) is 2.37. The maximum absolute atomic E-state index is 10.5. The second kappa shape index (κ2) is 2.66. The highest BCUT2D eigenvalue weighted by Gasteiger charge is 2.25. The number of carbonyl (C=O) groups is 1. The molecule has 10 heavy (non-hydrogen) atoms. The lowest BCUT2D eigenvalue weighted by atomic mass is 10.4. The molecule has 0 bridgehead atoms. The minimum Gasteiger partial charge on any atom is -0.368 e. The maximum atomic E-state index is 10.5. The van der Waals surface area contributed by atoms with Gasteiger partial charge in [0.1, 0.15) is 0 Å². The first kappa shape index (κ1) is 8.91. The van der Waals surface area contributed by atoms with Crippen LogP contribution < -0.4 is 5.73 Å². The van der Waals surface area contributed by atoms with Crippen LogP contribution in [0.5, 0.6) is 0 Å². The van der Waals surface area contributed by atoms with E-state index in [2.05, 4.69) is 5.73 Å². The van der Waals surface area contributed by atoms with Crippen LogP contribution in [0.25, 0.3) is 0 Å². The molecule has 0 aliphatic heterocycles. The van der Waals surface area contributed by atoms with Gasteiger partial charge in [0, 0.05) is 6.26 Å². The Balaban J connectivity index is 4.78. The maximum Gasteiger partial charge on any atom is 0.250 e. The van der Waals surface area contributed by atoms with E-state index in [1.807, 2.05) is 0 Å². The van der Waals surface area contributed by atoms with Gasteiger partial charge in [-0.05, 0) is 0 Å². The van der Waals surface area contributed by atoms with Crippen molar-refractivity contribution in [1.82, 2.24) is 0 Å². The number of nitriles is 1. The fourth-order valence-corrected chi connectivity index (χ4v) is 0.984. The van der Waals surface area contributed by atoms with Gasteiger partial charge in [0.25, 0.3) is 0 Å². The summed E-state index contributed by atoms with van der Waals surface area (Å²) in [6.45, 7) is 0. The van der Waals surface area contributed by atoms with Crippen LogP contribution in [0.15, 0.2) is 0 Å². The fraction of sp³-hybridized carbons (Fsp3) is 0.500. The third-order valence-electron chi connectivity index (χ3n) is 0.804. The first-order valence-corrected chi connectivity index (χ1v) is 4.23. The molecule has 0 saturated heterocycles. The second-order valence-corrected chi connectivity index (χ2v) is 3.87. The lowest BCUT2D eigenvalue weighted by molar-refractivity contribution is -0.116. The average molecular weight is 162 g/mol. The van der Waals surface area contributed by atoms with Crippen molar-refractivity contribution in [1.29, 1.82) is 5.26 Å².